The van der Waals surface area contributed by atoms with Crippen molar-refractivity contribution in [2.45, 2.75) is 63.5 Å². The van der Waals surface area contributed by atoms with Gasteiger partial charge in [0.25, 0.3) is 0 Å². The Morgan fingerprint density at radius 1 is 1.25 bits per heavy atom. The zero-order valence-electron chi connectivity index (χ0n) is 10.00. The Morgan fingerprint density at radius 3 is 2.38 bits per heavy atom. The first kappa shape index (κ1) is 13.8. The fourth-order valence-corrected chi connectivity index (χ4v) is 2.63. The number of nitrogens with two attached hydrogens (primary N) is 1. The molecule has 16 heavy (non-hydrogen) atoms. The zero-order chi connectivity index (χ0) is 10.9. The molecule has 2 unspecified atom stereocenters. The van der Waals surface area contributed by atoms with Crippen LogP contribution < -0.4 is 11.1 Å². The second-order valence-electron chi connectivity index (χ2n) is 5.35. The summed E-state index contributed by atoms with van der Waals surface area (Å²) >= 11 is 0. The molecule has 0 heterocycles. The predicted molar refractivity (Wildman–Crippen MR) is 67.6 cm³/mol. The topological polar surface area (TPSA) is 55.1 Å². The minimum absolute atomic E-state index is 0. The van der Waals surface area contributed by atoms with Gasteiger partial charge in [-0.2, -0.15) is 0 Å². The highest BCUT2D eigenvalue weighted by molar-refractivity contribution is 5.87. The Balaban J connectivity index is 0.00000128. The molecular weight excluding hydrogens is 224 g/mol. The Labute approximate surface area is 104 Å². The van der Waals surface area contributed by atoms with Gasteiger partial charge in [-0.1, -0.05) is 19.8 Å². The molecule has 2 atom stereocenters. The van der Waals surface area contributed by atoms with Crippen LogP contribution in [0.3, 0.4) is 0 Å². The van der Waals surface area contributed by atoms with Crippen LogP contribution in [-0.2, 0) is 4.79 Å². The van der Waals surface area contributed by atoms with E-state index in [2.05, 4.69) is 12.2 Å². The van der Waals surface area contributed by atoms with Crippen LogP contribution in [0, 0.1) is 5.92 Å². The van der Waals surface area contributed by atoms with Crippen molar-refractivity contribution in [1.29, 1.82) is 0 Å². The monoisotopic (exact) mass is 246 g/mol. The summed E-state index contributed by atoms with van der Waals surface area (Å²) < 4.78 is 0. The van der Waals surface area contributed by atoms with Gasteiger partial charge >= 0.3 is 0 Å². The fourth-order valence-electron chi connectivity index (χ4n) is 2.63. The van der Waals surface area contributed by atoms with Gasteiger partial charge in [0, 0.05) is 6.04 Å². The molecule has 3 N–H and O–H groups in total. The minimum Gasteiger partial charge on any atom is -0.352 e. The normalized spacial score (nSPS) is 32.1. The smallest absolute Gasteiger partial charge is 0.240 e. The molecule has 94 valence electrons. The molecule has 1 amide bonds. The summed E-state index contributed by atoms with van der Waals surface area (Å²) in [5.41, 5.74) is 5.47. The second kappa shape index (κ2) is 5.37. The minimum atomic E-state index is -0.531. The lowest BCUT2D eigenvalue weighted by Gasteiger charge is -2.39. The van der Waals surface area contributed by atoms with Crippen molar-refractivity contribution in [3.8, 4) is 0 Å². The Bertz CT molecular complexity index is 253. The molecule has 0 saturated heterocycles. The number of hydrogen-bond donors (Lipinski definition) is 2. The molecule has 0 aromatic carbocycles. The summed E-state index contributed by atoms with van der Waals surface area (Å²) in [5.74, 6) is 0.707. The van der Waals surface area contributed by atoms with Crippen LogP contribution in [0.4, 0.5) is 0 Å². The second-order valence-corrected chi connectivity index (χ2v) is 5.35. The fraction of sp³-hybridized carbons (Fsp3) is 0.917. The summed E-state index contributed by atoms with van der Waals surface area (Å²) in [7, 11) is 0. The number of amides is 1. The van der Waals surface area contributed by atoms with Crippen molar-refractivity contribution in [2.75, 3.05) is 0 Å². The molecule has 0 bridgehead atoms. The maximum Gasteiger partial charge on any atom is 0.240 e. The van der Waals surface area contributed by atoms with E-state index < -0.39 is 5.54 Å². The highest BCUT2D eigenvalue weighted by atomic mass is 35.5. The van der Waals surface area contributed by atoms with Crippen molar-refractivity contribution in [3.05, 3.63) is 0 Å². The molecule has 2 aliphatic carbocycles. The molecular formula is C12H23ClN2O. The van der Waals surface area contributed by atoms with Gasteiger partial charge in [-0.05, 0) is 38.0 Å². The van der Waals surface area contributed by atoms with E-state index in [1.165, 1.54) is 19.3 Å². The van der Waals surface area contributed by atoms with Crippen LogP contribution >= 0.6 is 12.4 Å². The summed E-state index contributed by atoms with van der Waals surface area (Å²) in [6.45, 7) is 2.23. The average molecular weight is 247 g/mol. The van der Waals surface area contributed by atoms with Crippen molar-refractivity contribution in [3.63, 3.8) is 0 Å². The van der Waals surface area contributed by atoms with E-state index in [9.17, 15) is 4.79 Å². The van der Waals surface area contributed by atoms with Gasteiger partial charge < -0.3 is 11.1 Å². The van der Waals surface area contributed by atoms with E-state index in [-0.39, 0.29) is 18.3 Å². The lowest BCUT2D eigenvalue weighted by atomic mass is 9.76. The van der Waals surface area contributed by atoms with Gasteiger partial charge in [0.1, 0.15) is 0 Å². The van der Waals surface area contributed by atoms with E-state index in [1.54, 1.807) is 0 Å². The first-order chi connectivity index (χ1) is 7.12. The summed E-state index contributed by atoms with van der Waals surface area (Å²) in [6, 6.07) is 0.368. The van der Waals surface area contributed by atoms with Crippen LogP contribution in [0.2, 0.25) is 0 Å². The zero-order valence-corrected chi connectivity index (χ0v) is 10.8. The van der Waals surface area contributed by atoms with Gasteiger partial charge in [0.2, 0.25) is 5.91 Å². The molecule has 0 aromatic rings. The average Bonchev–Trinajstić information content (AvgIpc) is 2.18. The third-order valence-electron chi connectivity index (χ3n) is 4.13. The summed E-state index contributed by atoms with van der Waals surface area (Å²) in [4.78, 5) is 11.9. The number of carbonyl (C=O) groups excluding carboxylic acids is 1. The summed E-state index contributed by atoms with van der Waals surface area (Å²) in [6.07, 6.45) is 7.74. The Morgan fingerprint density at radius 2 is 1.88 bits per heavy atom. The van der Waals surface area contributed by atoms with Gasteiger partial charge in [-0.15, -0.1) is 12.4 Å². The van der Waals surface area contributed by atoms with Crippen LogP contribution in [0.5, 0.6) is 0 Å². The van der Waals surface area contributed by atoms with Crippen LogP contribution in [0.1, 0.15) is 51.9 Å². The molecule has 0 aliphatic heterocycles. The molecule has 2 saturated carbocycles. The first-order valence-corrected chi connectivity index (χ1v) is 6.22. The number of nitrogens with one attached hydrogen (secondary N) is 1. The number of rotatable bonds is 2. The molecule has 0 spiro atoms. The van der Waals surface area contributed by atoms with Gasteiger partial charge in [-0.25, -0.2) is 0 Å². The van der Waals surface area contributed by atoms with E-state index in [0.717, 1.165) is 25.7 Å². The molecule has 3 nitrogen and oxygen atoms in total. The maximum absolute atomic E-state index is 11.9. The number of halogens is 1. The van der Waals surface area contributed by atoms with Crippen LogP contribution in [0.15, 0.2) is 0 Å². The SMILES string of the molecule is CC1CCCCC1NC(=O)C1(N)CCC1.Cl. The molecule has 2 rings (SSSR count). The van der Waals surface area contributed by atoms with Gasteiger partial charge in [0.05, 0.1) is 5.54 Å². The van der Waals surface area contributed by atoms with E-state index in [4.69, 9.17) is 5.73 Å². The third kappa shape index (κ3) is 2.69. The maximum atomic E-state index is 11.9. The molecule has 0 aromatic heterocycles. The van der Waals surface area contributed by atoms with Crippen molar-refractivity contribution < 1.29 is 4.79 Å². The molecule has 2 fully saturated rings. The van der Waals surface area contributed by atoms with Gasteiger partial charge in [-0.3, -0.25) is 4.79 Å². The van der Waals surface area contributed by atoms with Gasteiger partial charge in [0.15, 0.2) is 0 Å². The standard InChI is InChI=1S/C12H22N2O.ClH/c1-9-5-2-3-6-10(9)14-11(15)12(13)7-4-8-12;/h9-10H,2-8,13H2,1H3,(H,14,15);1H. The quantitative estimate of drug-likeness (QED) is 0.783. The Hall–Kier alpha value is -0.280. The predicted octanol–water partition coefficient (Wildman–Crippen LogP) is 1.98. The van der Waals surface area contributed by atoms with E-state index in [1.807, 2.05) is 0 Å². The highest BCUT2D eigenvalue weighted by Gasteiger charge is 2.41. The lowest BCUT2D eigenvalue weighted by molar-refractivity contribution is -0.130. The molecule has 2 aliphatic rings. The van der Waals surface area contributed by atoms with Crippen molar-refractivity contribution >= 4 is 18.3 Å². The lowest BCUT2D eigenvalue weighted by Crippen LogP contribution is -2.61. The number of carbonyl (C=O) groups is 1. The summed E-state index contributed by atoms with van der Waals surface area (Å²) in [5, 5.41) is 3.15. The van der Waals surface area contributed by atoms with Crippen LogP contribution in [-0.4, -0.2) is 17.5 Å². The van der Waals surface area contributed by atoms with Crippen molar-refractivity contribution in [1.82, 2.24) is 5.32 Å². The molecule has 0 radical (unpaired) electrons. The van der Waals surface area contributed by atoms with Crippen molar-refractivity contribution in [2.24, 2.45) is 11.7 Å². The van der Waals surface area contributed by atoms with E-state index in [0.29, 0.717) is 12.0 Å². The van der Waals surface area contributed by atoms with E-state index >= 15 is 0 Å². The first-order valence-electron chi connectivity index (χ1n) is 6.22. The number of hydrogen-bond acceptors (Lipinski definition) is 2. The molecule has 4 heteroatoms. The Kier molecular flexibility index (Phi) is 4.62. The van der Waals surface area contributed by atoms with Crippen LogP contribution in [0.25, 0.3) is 0 Å². The third-order valence-corrected chi connectivity index (χ3v) is 4.13. The largest absolute Gasteiger partial charge is 0.352 e. The highest BCUT2D eigenvalue weighted by Crippen LogP contribution is 2.30.